The summed E-state index contributed by atoms with van der Waals surface area (Å²) in [6, 6.07) is 0.120. The summed E-state index contributed by atoms with van der Waals surface area (Å²) in [5.41, 5.74) is 2.37. The number of aromatic nitrogens is 2. The van der Waals surface area contributed by atoms with Crippen molar-refractivity contribution in [2.24, 2.45) is 7.05 Å². The highest BCUT2D eigenvalue weighted by Crippen LogP contribution is 2.25. The summed E-state index contributed by atoms with van der Waals surface area (Å²) in [5, 5.41) is 7.36. The highest BCUT2D eigenvalue weighted by molar-refractivity contribution is 5.94. The molecule has 0 saturated carbocycles. The second-order valence-electron chi connectivity index (χ2n) is 7.84. The Labute approximate surface area is 166 Å². The Morgan fingerprint density at radius 2 is 1.82 bits per heavy atom. The molecule has 28 heavy (non-hydrogen) atoms. The van der Waals surface area contributed by atoms with Crippen LogP contribution in [-0.4, -0.2) is 63.0 Å². The molecule has 8 heteroatoms. The van der Waals surface area contributed by atoms with Gasteiger partial charge in [-0.2, -0.15) is 5.10 Å². The van der Waals surface area contributed by atoms with Crippen LogP contribution in [0.3, 0.4) is 0 Å². The highest BCUT2D eigenvalue weighted by Gasteiger charge is 2.31. The van der Waals surface area contributed by atoms with E-state index in [-0.39, 0.29) is 36.6 Å². The first-order chi connectivity index (χ1) is 13.4. The summed E-state index contributed by atoms with van der Waals surface area (Å²) in [5.74, 6) is -0.170. The Balaban J connectivity index is 1.64. The summed E-state index contributed by atoms with van der Waals surface area (Å²) in [6.45, 7) is 6.50. The quantitative estimate of drug-likeness (QED) is 0.793. The van der Waals surface area contributed by atoms with E-state index in [0.29, 0.717) is 25.2 Å². The smallest absolute Gasteiger partial charge is 0.274 e. The maximum absolute atomic E-state index is 12.8. The molecule has 1 aromatic rings. The van der Waals surface area contributed by atoms with E-state index < -0.39 is 0 Å². The van der Waals surface area contributed by atoms with Crippen molar-refractivity contribution in [3.63, 3.8) is 0 Å². The molecule has 0 aliphatic carbocycles. The van der Waals surface area contributed by atoms with Gasteiger partial charge in [-0.05, 0) is 26.2 Å². The van der Waals surface area contributed by atoms with Crippen LogP contribution in [0.5, 0.6) is 0 Å². The first-order valence-corrected chi connectivity index (χ1v) is 10.3. The molecular formula is C20H31N5O3. The number of rotatable bonds is 6. The molecule has 1 aromatic heterocycles. The van der Waals surface area contributed by atoms with Crippen LogP contribution < -0.4 is 5.32 Å². The van der Waals surface area contributed by atoms with Gasteiger partial charge in [0.1, 0.15) is 0 Å². The van der Waals surface area contributed by atoms with Crippen LogP contribution in [0.2, 0.25) is 0 Å². The second kappa shape index (κ2) is 8.75. The molecule has 0 unspecified atom stereocenters. The van der Waals surface area contributed by atoms with Crippen LogP contribution >= 0.6 is 0 Å². The molecule has 3 amide bonds. The number of nitrogens with one attached hydrogen (secondary N) is 1. The average Bonchev–Trinajstić information content (AvgIpc) is 3.33. The molecule has 0 bridgehead atoms. The molecule has 1 fully saturated rings. The lowest BCUT2D eigenvalue weighted by Gasteiger charge is -2.28. The van der Waals surface area contributed by atoms with Gasteiger partial charge in [-0.1, -0.05) is 6.92 Å². The molecule has 0 radical (unpaired) electrons. The molecule has 1 N–H and O–H groups in total. The van der Waals surface area contributed by atoms with Crippen LogP contribution in [0.15, 0.2) is 0 Å². The SMILES string of the molecule is CC[C@@H](C)NC(=O)CCC(=O)N1CCc2c(c(C(=O)N3CCCC3)nn2C)C1. The lowest BCUT2D eigenvalue weighted by atomic mass is 10.0. The van der Waals surface area contributed by atoms with E-state index in [4.69, 9.17) is 0 Å². The fourth-order valence-corrected chi connectivity index (χ4v) is 3.87. The van der Waals surface area contributed by atoms with E-state index in [1.165, 1.54) is 0 Å². The van der Waals surface area contributed by atoms with E-state index in [0.717, 1.165) is 43.6 Å². The number of likely N-dealkylation sites (tertiary alicyclic amines) is 1. The van der Waals surface area contributed by atoms with E-state index in [1.807, 2.05) is 25.8 Å². The molecule has 8 nitrogen and oxygen atoms in total. The van der Waals surface area contributed by atoms with Gasteiger partial charge in [0.15, 0.2) is 5.69 Å². The van der Waals surface area contributed by atoms with Crippen LogP contribution in [0.25, 0.3) is 0 Å². The van der Waals surface area contributed by atoms with Crippen LogP contribution in [0.1, 0.15) is 67.7 Å². The van der Waals surface area contributed by atoms with Crippen molar-refractivity contribution in [2.45, 2.75) is 65.0 Å². The first kappa shape index (κ1) is 20.4. The third kappa shape index (κ3) is 4.36. The number of fused-ring (bicyclic) bond motifs is 1. The maximum atomic E-state index is 12.8. The zero-order valence-electron chi connectivity index (χ0n) is 17.2. The Bertz CT molecular complexity index is 751. The predicted molar refractivity (Wildman–Crippen MR) is 105 cm³/mol. The summed E-state index contributed by atoms with van der Waals surface area (Å²) < 4.78 is 1.78. The molecular weight excluding hydrogens is 358 g/mol. The molecule has 1 atom stereocenters. The normalized spacial score (nSPS) is 17.4. The summed E-state index contributed by atoms with van der Waals surface area (Å²) in [7, 11) is 1.86. The molecule has 0 aromatic carbocycles. The summed E-state index contributed by atoms with van der Waals surface area (Å²) in [6.07, 6.45) is 3.99. The number of aryl methyl sites for hydroxylation is 1. The van der Waals surface area contributed by atoms with Gasteiger partial charge in [0.05, 0.1) is 0 Å². The maximum Gasteiger partial charge on any atom is 0.274 e. The minimum absolute atomic E-state index is 0.0309. The number of carbonyl (C=O) groups excluding carboxylic acids is 3. The molecule has 3 rings (SSSR count). The van der Waals surface area contributed by atoms with E-state index >= 15 is 0 Å². The Hall–Kier alpha value is -2.38. The Kier molecular flexibility index (Phi) is 6.36. The molecule has 0 spiro atoms. The number of hydrogen-bond acceptors (Lipinski definition) is 4. The van der Waals surface area contributed by atoms with E-state index in [1.54, 1.807) is 9.58 Å². The number of amides is 3. The Morgan fingerprint density at radius 1 is 1.11 bits per heavy atom. The second-order valence-corrected chi connectivity index (χ2v) is 7.84. The van der Waals surface area contributed by atoms with Gasteiger partial charge >= 0.3 is 0 Å². The molecule has 2 aliphatic heterocycles. The molecule has 154 valence electrons. The number of hydrogen-bond donors (Lipinski definition) is 1. The summed E-state index contributed by atoms with van der Waals surface area (Å²) in [4.78, 5) is 41.0. The van der Waals surface area contributed by atoms with Gasteiger partial charge in [-0.25, -0.2) is 0 Å². The molecule has 1 saturated heterocycles. The van der Waals surface area contributed by atoms with Crippen LogP contribution in [0, 0.1) is 0 Å². The van der Waals surface area contributed by atoms with Crippen molar-refractivity contribution in [1.82, 2.24) is 24.9 Å². The van der Waals surface area contributed by atoms with Crippen molar-refractivity contribution in [2.75, 3.05) is 19.6 Å². The van der Waals surface area contributed by atoms with Crippen LogP contribution in [0.4, 0.5) is 0 Å². The lowest BCUT2D eigenvalue weighted by Crippen LogP contribution is -2.38. The standard InChI is InChI=1S/C20H31N5O3/c1-4-14(2)21-17(26)7-8-18(27)25-12-9-16-15(13-25)19(22-23(16)3)20(28)24-10-5-6-11-24/h14H,4-13H2,1-3H3,(H,21,26)/t14-/m1/s1. The van der Waals surface area contributed by atoms with Crippen molar-refractivity contribution in [1.29, 1.82) is 0 Å². The third-order valence-corrected chi connectivity index (χ3v) is 5.78. The van der Waals surface area contributed by atoms with Crippen molar-refractivity contribution < 1.29 is 14.4 Å². The summed E-state index contributed by atoms with van der Waals surface area (Å²) >= 11 is 0. The van der Waals surface area contributed by atoms with Gasteiger partial charge in [-0.15, -0.1) is 0 Å². The van der Waals surface area contributed by atoms with Gasteiger partial charge in [0.25, 0.3) is 5.91 Å². The lowest BCUT2D eigenvalue weighted by molar-refractivity contribution is -0.134. The number of carbonyl (C=O) groups is 3. The zero-order valence-corrected chi connectivity index (χ0v) is 17.2. The monoisotopic (exact) mass is 389 g/mol. The highest BCUT2D eigenvalue weighted by atomic mass is 16.2. The average molecular weight is 390 g/mol. The third-order valence-electron chi connectivity index (χ3n) is 5.78. The van der Waals surface area contributed by atoms with Crippen molar-refractivity contribution in [3.05, 3.63) is 17.0 Å². The largest absolute Gasteiger partial charge is 0.354 e. The van der Waals surface area contributed by atoms with Crippen LogP contribution in [-0.2, 0) is 29.6 Å². The topological polar surface area (TPSA) is 87.5 Å². The molecule has 2 aliphatic rings. The van der Waals surface area contributed by atoms with Crippen molar-refractivity contribution >= 4 is 17.7 Å². The number of nitrogens with zero attached hydrogens (tertiary/aromatic N) is 4. The van der Waals surface area contributed by atoms with Crippen molar-refractivity contribution in [3.8, 4) is 0 Å². The van der Waals surface area contributed by atoms with Gasteiger partial charge in [0.2, 0.25) is 11.8 Å². The Morgan fingerprint density at radius 3 is 2.50 bits per heavy atom. The van der Waals surface area contributed by atoms with E-state index in [9.17, 15) is 14.4 Å². The molecule has 3 heterocycles. The van der Waals surface area contributed by atoms with Gasteiger partial charge in [-0.3, -0.25) is 19.1 Å². The minimum atomic E-state index is -0.0910. The van der Waals surface area contributed by atoms with Gasteiger partial charge < -0.3 is 15.1 Å². The predicted octanol–water partition coefficient (Wildman–Crippen LogP) is 1.24. The van der Waals surface area contributed by atoms with E-state index in [2.05, 4.69) is 10.4 Å². The fourth-order valence-electron chi connectivity index (χ4n) is 3.87. The first-order valence-electron chi connectivity index (χ1n) is 10.3. The zero-order chi connectivity index (χ0) is 20.3. The fraction of sp³-hybridized carbons (Fsp3) is 0.700. The minimum Gasteiger partial charge on any atom is -0.354 e. The van der Waals surface area contributed by atoms with Gasteiger partial charge in [0, 0.05) is 69.8 Å².